The molecule has 92 valence electrons. The summed E-state index contributed by atoms with van der Waals surface area (Å²) in [5.74, 6) is -1.66. The van der Waals surface area contributed by atoms with Crippen molar-refractivity contribution in [1.29, 1.82) is 0 Å². The number of aromatic carboxylic acids is 1. The van der Waals surface area contributed by atoms with Gasteiger partial charge in [-0.25, -0.2) is 9.18 Å². The third-order valence-corrected chi connectivity index (χ3v) is 3.24. The third-order valence-electron chi connectivity index (χ3n) is 2.63. The van der Waals surface area contributed by atoms with Crippen molar-refractivity contribution < 1.29 is 19.0 Å². The summed E-state index contributed by atoms with van der Waals surface area (Å²) >= 11 is 3.07. The first-order valence-corrected chi connectivity index (χ1v) is 5.94. The summed E-state index contributed by atoms with van der Waals surface area (Å²) in [6.07, 6.45) is 0. The van der Waals surface area contributed by atoms with E-state index in [0.717, 1.165) is 0 Å². The Labute approximate surface area is 106 Å². The lowest BCUT2D eigenvalue weighted by Gasteiger charge is -2.30. The summed E-state index contributed by atoms with van der Waals surface area (Å²) in [6, 6.07) is 2.81. The molecule has 0 saturated carbocycles. The largest absolute Gasteiger partial charge is 0.478 e. The molecule has 0 aromatic heterocycles. The first kappa shape index (κ1) is 12.3. The molecule has 1 aromatic rings. The minimum absolute atomic E-state index is 0.0207. The van der Waals surface area contributed by atoms with Crippen LogP contribution in [-0.2, 0) is 4.74 Å². The van der Waals surface area contributed by atoms with Crippen LogP contribution >= 0.6 is 15.9 Å². The number of hydrogen-bond donors (Lipinski definition) is 1. The van der Waals surface area contributed by atoms with Crippen molar-refractivity contribution in [2.24, 2.45) is 0 Å². The predicted octanol–water partition coefficient (Wildman–Crippen LogP) is 2.12. The average Bonchev–Trinajstić information content (AvgIpc) is 2.33. The van der Waals surface area contributed by atoms with Gasteiger partial charge in [-0.2, -0.15) is 0 Å². The number of halogens is 2. The highest BCUT2D eigenvalue weighted by Crippen LogP contribution is 2.30. The van der Waals surface area contributed by atoms with Crippen LogP contribution in [-0.4, -0.2) is 37.4 Å². The fourth-order valence-corrected chi connectivity index (χ4v) is 2.13. The number of nitrogens with zero attached hydrogens (tertiary/aromatic N) is 1. The topological polar surface area (TPSA) is 49.8 Å². The van der Waals surface area contributed by atoms with Gasteiger partial charge in [-0.15, -0.1) is 0 Å². The van der Waals surface area contributed by atoms with Crippen LogP contribution in [0.1, 0.15) is 10.4 Å². The molecule has 0 amide bonds. The fourth-order valence-electron chi connectivity index (χ4n) is 1.81. The number of hydrogen-bond acceptors (Lipinski definition) is 3. The molecule has 1 fully saturated rings. The number of carbonyl (C=O) groups is 1. The lowest BCUT2D eigenvalue weighted by Crippen LogP contribution is -2.37. The van der Waals surface area contributed by atoms with Gasteiger partial charge in [0.2, 0.25) is 0 Å². The van der Waals surface area contributed by atoms with E-state index in [2.05, 4.69) is 15.9 Å². The average molecular weight is 304 g/mol. The smallest absolute Gasteiger partial charge is 0.337 e. The molecule has 1 aliphatic rings. The highest BCUT2D eigenvalue weighted by atomic mass is 79.9. The highest BCUT2D eigenvalue weighted by molar-refractivity contribution is 9.10. The Morgan fingerprint density at radius 2 is 2.06 bits per heavy atom. The second-order valence-electron chi connectivity index (χ2n) is 3.66. The van der Waals surface area contributed by atoms with E-state index in [1.165, 1.54) is 12.1 Å². The number of morpholine rings is 1. The maximum absolute atomic E-state index is 14.0. The summed E-state index contributed by atoms with van der Waals surface area (Å²) < 4.78 is 19.5. The third kappa shape index (κ3) is 2.42. The van der Waals surface area contributed by atoms with E-state index in [-0.39, 0.29) is 15.7 Å². The summed E-state index contributed by atoms with van der Waals surface area (Å²) in [4.78, 5) is 12.8. The van der Waals surface area contributed by atoms with E-state index in [4.69, 9.17) is 9.84 Å². The Bertz CT molecular complexity index is 447. The molecule has 17 heavy (non-hydrogen) atoms. The molecular weight excluding hydrogens is 293 g/mol. The van der Waals surface area contributed by atoms with E-state index < -0.39 is 11.8 Å². The standard InChI is InChI=1S/C11H11BrFNO3/c12-8-2-1-7(11(15)16)10(9(8)13)14-3-5-17-6-4-14/h1-2H,3-6H2,(H,15,16). The van der Waals surface area contributed by atoms with Gasteiger partial charge in [0.15, 0.2) is 5.82 Å². The van der Waals surface area contributed by atoms with Gasteiger partial charge in [-0.1, -0.05) is 0 Å². The van der Waals surface area contributed by atoms with Crippen LogP contribution in [0.2, 0.25) is 0 Å². The van der Waals surface area contributed by atoms with Gasteiger partial charge >= 0.3 is 5.97 Å². The fraction of sp³-hybridized carbons (Fsp3) is 0.364. The minimum atomic E-state index is -1.13. The zero-order valence-electron chi connectivity index (χ0n) is 8.95. The number of carboxylic acid groups (broad SMARTS) is 1. The normalized spacial score (nSPS) is 16.0. The van der Waals surface area contributed by atoms with Crippen LogP contribution < -0.4 is 4.90 Å². The molecule has 2 rings (SSSR count). The van der Waals surface area contributed by atoms with Crippen LogP contribution in [0.15, 0.2) is 16.6 Å². The summed E-state index contributed by atoms with van der Waals surface area (Å²) in [5.41, 5.74) is 0.114. The van der Waals surface area contributed by atoms with E-state index in [1.54, 1.807) is 4.90 Å². The van der Waals surface area contributed by atoms with Gasteiger partial charge in [0.25, 0.3) is 0 Å². The molecule has 1 saturated heterocycles. The van der Waals surface area contributed by atoms with Crippen LogP contribution in [0.5, 0.6) is 0 Å². The second kappa shape index (κ2) is 5.01. The molecule has 0 bridgehead atoms. The quantitative estimate of drug-likeness (QED) is 0.909. The summed E-state index contributed by atoms with van der Waals surface area (Å²) in [5, 5.41) is 9.07. The Kier molecular flexibility index (Phi) is 3.63. The zero-order chi connectivity index (χ0) is 12.4. The molecule has 0 atom stereocenters. The molecule has 0 spiro atoms. The number of benzene rings is 1. The van der Waals surface area contributed by atoms with Gasteiger partial charge in [-0.05, 0) is 28.1 Å². The van der Waals surface area contributed by atoms with Gasteiger partial charge in [0, 0.05) is 13.1 Å². The molecule has 1 aromatic carbocycles. The van der Waals surface area contributed by atoms with Crippen molar-refractivity contribution in [3.8, 4) is 0 Å². The highest BCUT2D eigenvalue weighted by Gasteiger charge is 2.23. The van der Waals surface area contributed by atoms with Gasteiger partial charge < -0.3 is 14.7 Å². The maximum atomic E-state index is 14.0. The second-order valence-corrected chi connectivity index (χ2v) is 4.52. The zero-order valence-corrected chi connectivity index (χ0v) is 10.5. The molecule has 4 nitrogen and oxygen atoms in total. The van der Waals surface area contributed by atoms with Gasteiger partial charge in [0.05, 0.1) is 28.9 Å². The number of carboxylic acids is 1. The lowest BCUT2D eigenvalue weighted by molar-refractivity contribution is 0.0695. The number of rotatable bonds is 2. The van der Waals surface area contributed by atoms with E-state index >= 15 is 0 Å². The van der Waals surface area contributed by atoms with Crippen molar-refractivity contribution in [1.82, 2.24) is 0 Å². The SMILES string of the molecule is O=C(O)c1ccc(Br)c(F)c1N1CCOCC1. The van der Waals surface area contributed by atoms with Crippen molar-refractivity contribution >= 4 is 27.6 Å². The Morgan fingerprint density at radius 1 is 1.41 bits per heavy atom. The molecule has 0 radical (unpaired) electrons. The molecule has 1 N–H and O–H groups in total. The lowest BCUT2D eigenvalue weighted by atomic mass is 10.1. The first-order valence-electron chi connectivity index (χ1n) is 5.15. The monoisotopic (exact) mass is 303 g/mol. The van der Waals surface area contributed by atoms with Crippen LogP contribution in [0, 0.1) is 5.82 Å². The number of anilines is 1. The summed E-state index contributed by atoms with van der Waals surface area (Å²) in [7, 11) is 0. The predicted molar refractivity (Wildman–Crippen MR) is 64.1 cm³/mol. The molecule has 1 heterocycles. The van der Waals surface area contributed by atoms with Crippen molar-refractivity contribution in [3.63, 3.8) is 0 Å². The molecule has 6 heteroatoms. The molecule has 0 unspecified atom stereocenters. The van der Waals surface area contributed by atoms with Gasteiger partial charge in [0.1, 0.15) is 0 Å². The molecule has 1 aliphatic heterocycles. The van der Waals surface area contributed by atoms with Gasteiger partial charge in [-0.3, -0.25) is 0 Å². The summed E-state index contributed by atoms with van der Waals surface area (Å²) in [6.45, 7) is 1.94. The molecular formula is C11H11BrFNO3. The Hall–Kier alpha value is -1.14. The number of ether oxygens (including phenoxy) is 1. The molecule has 0 aliphatic carbocycles. The van der Waals surface area contributed by atoms with Crippen LogP contribution in [0.25, 0.3) is 0 Å². The Balaban J connectivity index is 2.48. The van der Waals surface area contributed by atoms with Crippen LogP contribution in [0.3, 0.4) is 0 Å². The Morgan fingerprint density at radius 3 is 2.65 bits per heavy atom. The van der Waals surface area contributed by atoms with E-state index in [9.17, 15) is 9.18 Å². The van der Waals surface area contributed by atoms with Crippen molar-refractivity contribution in [2.75, 3.05) is 31.2 Å². The maximum Gasteiger partial charge on any atom is 0.337 e. The first-order chi connectivity index (χ1) is 8.11. The van der Waals surface area contributed by atoms with E-state index in [1.807, 2.05) is 0 Å². The minimum Gasteiger partial charge on any atom is -0.478 e. The van der Waals surface area contributed by atoms with Crippen molar-refractivity contribution in [2.45, 2.75) is 0 Å². The van der Waals surface area contributed by atoms with Crippen molar-refractivity contribution in [3.05, 3.63) is 28.0 Å². The van der Waals surface area contributed by atoms with E-state index in [0.29, 0.717) is 26.3 Å². The van der Waals surface area contributed by atoms with Crippen LogP contribution in [0.4, 0.5) is 10.1 Å².